The van der Waals surface area contributed by atoms with Gasteiger partial charge in [0.25, 0.3) is 0 Å². The molecule has 0 unspecified atom stereocenters. The van der Waals surface area contributed by atoms with E-state index in [0.717, 1.165) is 5.56 Å². The van der Waals surface area contributed by atoms with Crippen LogP contribution in [0.4, 0.5) is 0 Å². The van der Waals surface area contributed by atoms with Gasteiger partial charge in [0.1, 0.15) is 12.4 Å². The molecule has 3 nitrogen and oxygen atoms in total. The van der Waals surface area contributed by atoms with Crippen LogP contribution in [0.15, 0.2) is 51.7 Å². The monoisotopic (exact) mass is 230 g/mol. The van der Waals surface area contributed by atoms with Crippen molar-refractivity contribution in [2.24, 2.45) is 0 Å². The highest BCUT2D eigenvalue weighted by molar-refractivity contribution is 5.13. The van der Waals surface area contributed by atoms with Gasteiger partial charge in [0.2, 0.25) is 0 Å². The topological polar surface area (TPSA) is 39.4 Å². The molecule has 0 aliphatic rings. The minimum absolute atomic E-state index is 0.300. The summed E-state index contributed by atoms with van der Waals surface area (Å²) in [5.74, 6) is 0.552. The van der Waals surface area contributed by atoms with Crippen LogP contribution in [-0.2, 0) is 18.0 Å². The Labute approximate surface area is 99.7 Å². The molecule has 3 heteroatoms. The summed E-state index contributed by atoms with van der Waals surface area (Å²) in [6.45, 7) is 2.54. The van der Waals surface area contributed by atoms with Crippen molar-refractivity contribution in [3.05, 3.63) is 69.8 Å². The molecule has 0 spiro atoms. The molecule has 0 aliphatic heterocycles. The van der Waals surface area contributed by atoms with E-state index in [2.05, 4.69) is 0 Å². The van der Waals surface area contributed by atoms with Gasteiger partial charge in [-0.05, 0) is 24.6 Å². The second-order valence-corrected chi connectivity index (χ2v) is 3.85. The van der Waals surface area contributed by atoms with Gasteiger partial charge in [-0.3, -0.25) is 0 Å². The minimum Gasteiger partial charge on any atom is -0.425 e. The summed E-state index contributed by atoms with van der Waals surface area (Å²) in [5, 5.41) is 0. The fraction of sp³-hybridized carbons (Fsp3) is 0.214. The zero-order valence-electron chi connectivity index (χ0n) is 9.68. The number of ether oxygens (including phenoxy) is 1. The fourth-order valence-electron chi connectivity index (χ4n) is 1.44. The summed E-state index contributed by atoms with van der Waals surface area (Å²) in [6.07, 6.45) is 0. The van der Waals surface area contributed by atoms with Gasteiger partial charge in [-0.15, -0.1) is 0 Å². The molecular weight excluding hydrogens is 216 g/mol. The fourth-order valence-corrected chi connectivity index (χ4v) is 1.44. The van der Waals surface area contributed by atoms with E-state index >= 15 is 0 Å². The summed E-state index contributed by atoms with van der Waals surface area (Å²) in [6, 6.07) is 13.4. The molecule has 1 aromatic heterocycles. The first-order valence-corrected chi connectivity index (χ1v) is 5.47. The van der Waals surface area contributed by atoms with Crippen LogP contribution >= 0.6 is 0 Å². The average Bonchev–Trinajstić information content (AvgIpc) is 2.35. The molecule has 2 rings (SSSR count). The molecule has 0 saturated carbocycles. The predicted octanol–water partition coefficient (Wildman–Crippen LogP) is 2.67. The summed E-state index contributed by atoms with van der Waals surface area (Å²) >= 11 is 0. The van der Waals surface area contributed by atoms with Gasteiger partial charge in [0.15, 0.2) is 0 Å². The summed E-state index contributed by atoms with van der Waals surface area (Å²) < 4.78 is 10.5. The van der Waals surface area contributed by atoms with Gasteiger partial charge >= 0.3 is 5.63 Å². The summed E-state index contributed by atoms with van der Waals surface area (Å²) in [5.41, 5.74) is 1.41. The Hall–Kier alpha value is -1.87. The highest BCUT2D eigenvalue weighted by atomic mass is 16.5. The van der Waals surface area contributed by atoms with Crippen molar-refractivity contribution in [3.8, 4) is 0 Å². The van der Waals surface area contributed by atoms with Crippen LogP contribution in [0, 0.1) is 6.92 Å². The molecule has 0 radical (unpaired) electrons. The maximum Gasteiger partial charge on any atom is 0.338 e. The molecule has 88 valence electrons. The molecule has 0 aliphatic carbocycles. The Kier molecular flexibility index (Phi) is 3.73. The van der Waals surface area contributed by atoms with Gasteiger partial charge < -0.3 is 9.15 Å². The van der Waals surface area contributed by atoms with Crippen molar-refractivity contribution in [1.82, 2.24) is 0 Å². The van der Waals surface area contributed by atoms with Crippen LogP contribution in [0.2, 0.25) is 0 Å². The smallest absolute Gasteiger partial charge is 0.338 e. The third kappa shape index (κ3) is 3.29. The quantitative estimate of drug-likeness (QED) is 0.810. The van der Waals surface area contributed by atoms with Gasteiger partial charge in [-0.1, -0.05) is 30.3 Å². The highest BCUT2D eigenvalue weighted by Crippen LogP contribution is 2.05. The van der Waals surface area contributed by atoms with Crippen LogP contribution in [0.25, 0.3) is 0 Å². The van der Waals surface area contributed by atoms with Crippen LogP contribution in [0.5, 0.6) is 0 Å². The van der Waals surface area contributed by atoms with Crippen molar-refractivity contribution in [3.63, 3.8) is 0 Å². The first kappa shape index (κ1) is 11.6. The molecule has 0 bridgehead atoms. The van der Waals surface area contributed by atoms with Crippen LogP contribution in [0.3, 0.4) is 0 Å². The molecule has 0 amide bonds. The van der Waals surface area contributed by atoms with Crippen molar-refractivity contribution in [2.45, 2.75) is 20.1 Å². The van der Waals surface area contributed by atoms with Crippen molar-refractivity contribution in [2.75, 3.05) is 0 Å². The number of aryl methyl sites for hydroxylation is 1. The lowest BCUT2D eigenvalue weighted by molar-refractivity contribution is 0.0906. The summed E-state index contributed by atoms with van der Waals surface area (Å²) in [7, 11) is 0. The average molecular weight is 230 g/mol. The van der Waals surface area contributed by atoms with E-state index in [4.69, 9.17) is 9.15 Å². The van der Waals surface area contributed by atoms with E-state index in [-0.39, 0.29) is 5.63 Å². The first-order chi connectivity index (χ1) is 8.25. The van der Waals surface area contributed by atoms with Gasteiger partial charge in [0, 0.05) is 5.56 Å². The Morgan fingerprint density at radius 3 is 2.53 bits per heavy atom. The lowest BCUT2D eigenvalue weighted by atomic mass is 10.2. The van der Waals surface area contributed by atoms with Crippen LogP contribution < -0.4 is 5.63 Å². The lowest BCUT2D eigenvalue weighted by Crippen LogP contribution is -2.05. The van der Waals surface area contributed by atoms with Crippen molar-refractivity contribution >= 4 is 0 Å². The Bertz CT molecular complexity index is 529. The number of hydrogen-bond donors (Lipinski definition) is 0. The standard InChI is InChI=1S/C14H14O3/c1-11-7-8-13(17-14(11)15)10-16-9-12-5-3-2-4-6-12/h2-8H,9-10H2,1H3. The normalized spacial score (nSPS) is 10.4. The van der Waals surface area contributed by atoms with Crippen LogP contribution in [0.1, 0.15) is 16.9 Å². The molecule has 2 aromatic rings. The number of rotatable bonds is 4. The largest absolute Gasteiger partial charge is 0.425 e. The zero-order valence-corrected chi connectivity index (χ0v) is 9.68. The maximum atomic E-state index is 11.3. The second-order valence-electron chi connectivity index (χ2n) is 3.85. The maximum absolute atomic E-state index is 11.3. The first-order valence-electron chi connectivity index (χ1n) is 5.47. The minimum atomic E-state index is -0.300. The van der Waals surface area contributed by atoms with Crippen molar-refractivity contribution in [1.29, 1.82) is 0 Å². The van der Waals surface area contributed by atoms with E-state index < -0.39 is 0 Å². The molecule has 0 saturated heterocycles. The number of benzene rings is 1. The third-order valence-electron chi connectivity index (χ3n) is 2.42. The van der Waals surface area contributed by atoms with E-state index in [1.54, 1.807) is 19.1 Å². The van der Waals surface area contributed by atoms with E-state index in [1.165, 1.54) is 0 Å². The lowest BCUT2D eigenvalue weighted by Gasteiger charge is -2.03. The molecule has 1 heterocycles. The van der Waals surface area contributed by atoms with Gasteiger partial charge in [-0.2, -0.15) is 0 Å². The van der Waals surface area contributed by atoms with E-state index in [0.29, 0.717) is 24.5 Å². The Morgan fingerprint density at radius 1 is 1.06 bits per heavy atom. The molecule has 17 heavy (non-hydrogen) atoms. The molecule has 0 N–H and O–H groups in total. The van der Waals surface area contributed by atoms with Crippen LogP contribution in [-0.4, -0.2) is 0 Å². The SMILES string of the molecule is Cc1ccc(COCc2ccccc2)oc1=O. The molecule has 0 atom stereocenters. The molecular formula is C14H14O3. The molecule has 1 aromatic carbocycles. The van der Waals surface area contributed by atoms with Gasteiger partial charge in [-0.25, -0.2) is 4.79 Å². The van der Waals surface area contributed by atoms with E-state index in [1.807, 2.05) is 30.3 Å². The third-order valence-corrected chi connectivity index (χ3v) is 2.42. The van der Waals surface area contributed by atoms with Gasteiger partial charge in [0.05, 0.1) is 6.61 Å². The Balaban J connectivity index is 1.90. The summed E-state index contributed by atoms with van der Waals surface area (Å²) in [4.78, 5) is 11.3. The molecule has 0 fully saturated rings. The number of hydrogen-bond acceptors (Lipinski definition) is 3. The predicted molar refractivity (Wildman–Crippen MR) is 64.7 cm³/mol. The zero-order chi connectivity index (χ0) is 12.1. The van der Waals surface area contributed by atoms with Crippen molar-refractivity contribution < 1.29 is 9.15 Å². The Morgan fingerprint density at radius 2 is 1.82 bits per heavy atom. The highest BCUT2D eigenvalue weighted by Gasteiger charge is 2.00. The second kappa shape index (κ2) is 5.46. The van der Waals surface area contributed by atoms with E-state index in [9.17, 15) is 4.79 Å².